The van der Waals surface area contributed by atoms with Crippen molar-refractivity contribution in [2.75, 3.05) is 7.11 Å². The van der Waals surface area contributed by atoms with Gasteiger partial charge in [0.15, 0.2) is 0 Å². The second-order valence-corrected chi connectivity index (χ2v) is 3.76. The lowest BCUT2D eigenvalue weighted by molar-refractivity contribution is 0.415. The minimum absolute atomic E-state index is 0.344. The molecule has 6 heteroatoms. The first-order valence-electron chi connectivity index (χ1n) is 4.55. The van der Waals surface area contributed by atoms with Gasteiger partial charge in [-0.15, -0.1) is 16.7 Å². The Labute approximate surface area is 103 Å². The van der Waals surface area contributed by atoms with Crippen LogP contribution in [0.2, 0.25) is 5.02 Å². The van der Waals surface area contributed by atoms with Gasteiger partial charge in [0.2, 0.25) is 0 Å². The molecule has 0 aliphatic heterocycles. The minimum Gasteiger partial charge on any atom is -0.495 e. The Morgan fingerprint density at radius 1 is 1.44 bits per heavy atom. The lowest BCUT2D eigenvalue weighted by atomic mass is 10.3. The number of alkyl halides is 1. The van der Waals surface area contributed by atoms with Crippen LogP contribution >= 0.6 is 23.2 Å². The molecule has 0 saturated carbocycles. The first kappa shape index (κ1) is 11.2. The molecule has 0 radical (unpaired) electrons. The van der Waals surface area contributed by atoms with Crippen molar-refractivity contribution in [3.63, 3.8) is 0 Å². The second kappa shape index (κ2) is 4.72. The summed E-state index contributed by atoms with van der Waals surface area (Å²) in [6.45, 7) is 0. The lowest BCUT2D eigenvalue weighted by Gasteiger charge is -2.07. The van der Waals surface area contributed by atoms with Gasteiger partial charge in [0.1, 0.15) is 5.75 Å². The Kier molecular flexibility index (Phi) is 3.31. The topological polar surface area (TPSA) is 39.9 Å². The van der Waals surface area contributed by atoms with Crippen LogP contribution in [0.4, 0.5) is 0 Å². The predicted molar refractivity (Wildman–Crippen MR) is 62.5 cm³/mol. The maximum absolute atomic E-state index is 6.02. The molecule has 0 atom stereocenters. The van der Waals surface area contributed by atoms with Crippen LogP contribution < -0.4 is 4.74 Å². The van der Waals surface area contributed by atoms with Crippen molar-refractivity contribution < 1.29 is 4.74 Å². The van der Waals surface area contributed by atoms with Crippen molar-refractivity contribution in [2.45, 2.75) is 5.88 Å². The molecule has 0 amide bonds. The van der Waals surface area contributed by atoms with Gasteiger partial charge in [-0.1, -0.05) is 16.8 Å². The molecule has 16 heavy (non-hydrogen) atoms. The fraction of sp³-hybridized carbons (Fsp3) is 0.200. The van der Waals surface area contributed by atoms with Crippen LogP contribution in [0, 0.1) is 0 Å². The van der Waals surface area contributed by atoms with Crippen molar-refractivity contribution in [3.8, 4) is 11.4 Å². The van der Waals surface area contributed by atoms with Crippen LogP contribution in [-0.4, -0.2) is 22.1 Å². The third-order valence-electron chi connectivity index (χ3n) is 2.14. The van der Waals surface area contributed by atoms with Crippen LogP contribution in [0.1, 0.15) is 5.69 Å². The standard InChI is InChI=1S/C10H9Cl2N3O/c1-16-10-3-2-7(4-9(10)12)15-8(5-11)6-13-14-15/h2-4,6H,5H2,1H3. The number of aromatic nitrogens is 3. The molecule has 1 aromatic carbocycles. The first-order chi connectivity index (χ1) is 7.76. The van der Waals surface area contributed by atoms with Crippen LogP contribution in [0.15, 0.2) is 24.4 Å². The zero-order chi connectivity index (χ0) is 11.5. The molecule has 0 fully saturated rings. The van der Waals surface area contributed by atoms with Gasteiger partial charge >= 0.3 is 0 Å². The fourth-order valence-electron chi connectivity index (χ4n) is 1.35. The summed E-state index contributed by atoms with van der Waals surface area (Å²) in [6, 6.07) is 5.37. The lowest BCUT2D eigenvalue weighted by Crippen LogP contribution is -2.01. The molecule has 2 rings (SSSR count). The Balaban J connectivity index is 2.45. The van der Waals surface area contributed by atoms with Crippen LogP contribution in [0.3, 0.4) is 0 Å². The summed E-state index contributed by atoms with van der Waals surface area (Å²) in [6.07, 6.45) is 1.62. The maximum atomic E-state index is 6.02. The summed E-state index contributed by atoms with van der Waals surface area (Å²) in [4.78, 5) is 0. The highest BCUT2D eigenvalue weighted by molar-refractivity contribution is 6.32. The highest BCUT2D eigenvalue weighted by Gasteiger charge is 2.07. The monoisotopic (exact) mass is 257 g/mol. The highest BCUT2D eigenvalue weighted by atomic mass is 35.5. The van der Waals surface area contributed by atoms with Crippen LogP contribution in [0.5, 0.6) is 5.75 Å². The van der Waals surface area contributed by atoms with Crippen molar-refractivity contribution in [1.29, 1.82) is 0 Å². The van der Waals surface area contributed by atoms with Crippen molar-refractivity contribution >= 4 is 23.2 Å². The molecular weight excluding hydrogens is 249 g/mol. The van der Waals surface area contributed by atoms with E-state index in [1.54, 1.807) is 30.1 Å². The van der Waals surface area contributed by atoms with E-state index in [2.05, 4.69) is 10.3 Å². The average molecular weight is 258 g/mol. The van der Waals surface area contributed by atoms with Gasteiger partial charge in [-0.25, -0.2) is 4.68 Å². The number of methoxy groups -OCH3 is 1. The number of rotatable bonds is 3. The molecule has 1 heterocycles. The largest absolute Gasteiger partial charge is 0.495 e. The Bertz CT molecular complexity index is 499. The number of hydrogen-bond acceptors (Lipinski definition) is 3. The molecule has 1 aromatic heterocycles. The van der Waals surface area contributed by atoms with E-state index >= 15 is 0 Å². The normalized spacial score (nSPS) is 10.4. The van der Waals surface area contributed by atoms with E-state index in [1.807, 2.05) is 6.07 Å². The van der Waals surface area contributed by atoms with Gasteiger partial charge in [0.05, 0.1) is 35.6 Å². The van der Waals surface area contributed by atoms with Gasteiger partial charge in [-0.2, -0.15) is 0 Å². The zero-order valence-electron chi connectivity index (χ0n) is 8.52. The molecule has 0 bridgehead atoms. The molecule has 2 aromatic rings. The maximum Gasteiger partial charge on any atom is 0.137 e. The zero-order valence-corrected chi connectivity index (χ0v) is 10.0. The van der Waals surface area contributed by atoms with Crippen molar-refractivity contribution in [1.82, 2.24) is 15.0 Å². The predicted octanol–water partition coefficient (Wildman–Crippen LogP) is 2.67. The molecule has 84 valence electrons. The molecule has 0 N–H and O–H groups in total. The number of ether oxygens (including phenoxy) is 1. The molecule has 0 aliphatic rings. The van der Waals surface area contributed by atoms with Crippen molar-refractivity contribution in [3.05, 3.63) is 35.1 Å². The van der Waals surface area contributed by atoms with E-state index in [-0.39, 0.29) is 0 Å². The minimum atomic E-state index is 0.344. The fourth-order valence-corrected chi connectivity index (χ4v) is 1.79. The summed E-state index contributed by atoms with van der Waals surface area (Å²) in [5.41, 5.74) is 1.61. The summed E-state index contributed by atoms with van der Waals surface area (Å²) < 4.78 is 6.71. The second-order valence-electron chi connectivity index (χ2n) is 3.09. The summed E-state index contributed by atoms with van der Waals surface area (Å²) in [7, 11) is 1.57. The smallest absolute Gasteiger partial charge is 0.137 e. The number of nitrogens with zero attached hydrogens (tertiary/aromatic N) is 3. The summed E-state index contributed by atoms with van der Waals surface area (Å²) in [5, 5.41) is 8.26. The van der Waals surface area contributed by atoms with E-state index in [1.165, 1.54) is 0 Å². The Hall–Kier alpha value is -1.26. The summed E-state index contributed by atoms with van der Waals surface area (Å²) >= 11 is 11.8. The molecule has 4 nitrogen and oxygen atoms in total. The summed E-state index contributed by atoms with van der Waals surface area (Å²) in [5.74, 6) is 0.967. The van der Waals surface area contributed by atoms with Gasteiger partial charge in [-0.05, 0) is 18.2 Å². The van der Waals surface area contributed by atoms with E-state index in [9.17, 15) is 0 Å². The SMILES string of the molecule is COc1ccc(-n2nncc2CCl)cc1Cl. The third-order valence-corrected chi connectivity index (χ3v) is 2.71. The number of hydrogen-bond donors (Lipinski definition) is 0. The Morgan fingerprint density at radius 3 is 2.88 bits per heavy atom. The average Bonchev–Trinajstić information content (AvgIpc) is 2.77. The van der Waals surface area contributed by atoms with Crippen LogP contribution in [-0.2, 0) is 5.88 Å². The number of benzene rings is 1. The van der Waals surface area contributed by atoms with E-state index in [0.29, 0.717) is 16.7 Å². The van der Waals surface area contributed by atoms with Gasteiger partial charge in [0.25, 0.3) is 0 Å². The molecular formula is C10H9Cl2N3O. The molecule has 0 saturated heterocycles. The van der Waals surface area contributed by atoms with Gasteiger partial charge in [-0.3, -0.25) is 0 Å². The third kappa shape index (κ3) is 1.99. The van der Waals surface area contributed by atoms with Crippen LogP contribution in [0.25, 0.3) is 5.69 Å². The quantitative estimate of drug-likeness (QED) is 0.794. The molecule has 0 spiro atoms. The highest BCUT2D eigenvalue weighted by Crippen LogP contribution is 2.26. The van der Waals surface area contributed by atoms with E-state index in [0.717, 1.165) is 11.4 Å². The van der Waals surface area contributed by atoms with Gasteiger partial charge < -0.3 is 4.74 Å². The van der Waals surface area contributed by atoms with Gasteiger partial charge in [0, 0.05) is 0 Å². The first-order valence-corrected chi connectivity index (χ1v) is 5.47. The molecule has 0 unspecified atom stereocenters. The molecule has 0 aliphatic carbocycles. The van der Waals surface area contributed by atoms with E-state index < -0.39 is 0 Å². The number of halogens is 2. The Morgan fingerprint density at radius 2 is 2.25 bits per heavy atom. The van der Waals surface area contributed by atoms with Crippen molar-refractivity contribution in [2.24, 2.45) is 0 Å². The van der Waals surface area contributed by atoms with E-state index in [4.69, 9.17) is 27.9 Å².